The molecule has 22 heteroatoms. The molecule has 0 aliphatic rings. The summed E-state index contributed by atoms with van der Waals surface area (Å²) in [6, 6.07) is 7.55. The lowest BCUT2D eigenvalue weighted by Gasteiger charge is -2.33. The summed E-state index contributed by atoms with van der Waals surface area (Å²) in [6.45, 7) is 26.9. The van der Waals surface area contributed by atoms with Crippen molar-refractivity contribution in [1.29, 1.82) is 0 Å². The average molecular weight is 1060 g/mol. The van der Waals surface area contributed by atoms with Crippen LogP contribution in [0.15, 0.2) is 24.3 Å². The molecule has 0 heterocycles. The van der Waals surface area contributed by atoms with Crippen molar-refractivity contribution in [3.63, 3.8) is 0 Å². The molecule has 0 bridgehead atoms. The van der Waals surface area contributed by atoms with Crippen LogP contribution in [0, 0.1) is 5.41 Å². The molecular weight excluding hydrogens is 968 g/mol. The molecule has 1 aromatic carbocycles. The maximum atomic E-state index is 12.9. The number of phosphoric ester groups is 1. The maximum absolute atomic E-state index is 12.9. The molecule has 1 atom stereocenters. The van der Waals surface area contributed by atoms with Crippen LogP contribution in [0.4, 0.5) is 0 Å². The fourth-order valence-electron chi connectivity index (χ4n) is 6.39. The van der Waals surface area contributed by atoms with Gasteiger partial charge in [0, 0.05) is 14.2 Å². The normalized spacial score (nSPS) is 13.0. The number of benzene rings is 1. The van der Waals surface area contributed by atoms with Gasteiger partial charge in [0.15, 0.2) is 0 Å². The van der Waals surface area contributed by atoms with Gasteiger partial charge in [0.05, 0.1) is 225 Å². The Hall–Kier alpha value is -1.51. The molecule has 0 saturated carbocycles. The molecule has 21 nitrogen and oxygen atoms in total. The molecular formula is C50H95O21P. The van der Waals surface area contributed by atoms with Crippen molar-refractivity contribution in [2.24, 2.45) is 5.41 Å². The number of methoxy groups -OCH3 is 1. The van der Waals surface area contributed by atoms with Crippen molar-refractivity contribution >= 4 is 7.82 Å². The van der Waals surface area contributed by atoms with Gasteiger partial charge in [-0.1, -0.05) is 46.8 Å². The molecule has 0 N–H and O–H groups in total. The zero-order chi connectivity index (χ0) is 52.4. The highest BCUT2D eigenvalue weighted by Gasteiger charge is 2.29. The van der Waals surface area contributed by atoms with Crippen LogP contribution in [0.25, 0.3) is 0 Å². The summed E-state index contributed by atoms with van der Waals surface area (Å²) < 4.78 is 122. The first-order chi connectivity index (χ1) is 35.0. The van der Waals surface area contributed by atoms with E-state index in [4.69, 9.17) is 94.1 Å². The molecule has 0 amide bonds. The van der Waals surface area contributed by atoms with E-state index >= 15 is 0 Å². The maximum Gasteiger partial charge on any atom is 0.529 e. The number of hydrogen-bond donors (Lipinski definition) is 0. The van der Waals surface area contributed by atoms with Crippen LogP contribution >= 0.6 is 7.82 Å². The average Bonchev–Trinajstić information content (AvgIpc) is 3.35. The van der Waals surface area contributed by atoms with E-state index in [9.17, 15) is 4.57 Å². The SMILES string of the molecule is COCCOCCOCCOCCOCCOCCOCCOCCOCCOCCOCCOCCOCCOCCOCCOCCOCCOP(=O)(OC)Oc1ccc(C(C)(C)CC(C)(C)C)cc1. The highest BCUT2D eigenvalue weighted by Crippen LogP contribution is 2.49. The first-order valence-electron chi connectivity index (χ1n) is 25.3. The fraction of sp³-hybridized carbons (Fsp3) is 0.880. The molecule has 0 aliphatic heterocycles. The van der Waals surface area contributed by atoms with Crippen molar-refractivity contribution in [3.05, 3.63) is 29.8 Å². The largest absolute Gasteiger partial charge is 0.529 e. The van der Waals surface area contributed by atoms with Crippen LogP contribution in [-0.2, 0) is 99.6 Å². The van der Waals surface area contributed by atoms with Crippen molar-refractivity contribution < 1.29 is 98.7 Å². The van der Waals surface area contributed by atoms with Gasteiger partial charge in [-0.15, -0.1) is 0 Å². The van der Waals surface area contributed by atoms with Gasteiger partial charge in [-0.25, -0.2) is 4.57 Å². The molecule has 1 unspecified atom stereocenters. The highest BCUT2D eigenvalue weighted by atomic mass is 31.2. The predicted molar refractivity (Wildman–Crippen MR) is 270 cm³/mol. The topological polar surface area (TPSA) is 202 Å². The monoisotopic (exact) mass is 1060 g/mol. The second-order valence-electron chi connectivity index (χ2n) is 17.5. The first-order valence-corrected chi connectivity index (χ1v) is 26.8. The van der Waals surface area contributed by atoms with E-state index in [0.717, 1.165) is 6.42 Å². The van der Waals surface area contributed by atoms with Crippen molar-refractivity contribution in [2.75, 3.05) is 239 Å². The third kappa shape index (κ3) is 45.8. The Morgan fingerprint density at radius 3 is 0.764 bits per heavy atom. The molecule has 1 aromatic rings. The Labute approximate surface area is 431 Å². The molecule has 0 fully saturated rings. The van der Waals surface area contributed by atoms with Gasteiger partial charge in [-0.2, -0.15) is 0 Å². The second kappa shape index (κ2) is 49.1. The van der Waals surface area contributed by atoms with Crippen molar-refractivity contribution in [2.45, 2.75) is 46.5 Å². The molecule has 0 aliphatic carbocycles. The summed E-state index contributed by atoms with van der Waals surface area (Å²) in [5, 5.41) is 0. The molecule has 1 rings (SSSR count). The summed E-state index contributed by atoms with van der Waals surface area (Å²) in [5.41, 5.74) is 1.35. The molecule has 0 saturated heterocycles. The van der Waals surface area contributed by atoms with Gasteiger partial charge in [0.25, 0.3) is 0 Å². The summed E-state index contributed by atoms with van der Waals surface area (Å²) in [5.74, 6) is 0.410. The zero-order valence-corrected chi connectivity index (χ0v) is 46.0. The van der Waals surface area contributed by atoms with E-state index < -0.39 is 7.82 Å². The van der Waals surface area contributed by atoms with Gasteiger partial charge < -0.3 is 85.1 Å². The second-order valence-corrected chi connectivity index (χ2v) is 19.2. The molecule has 0 aromatic heterocycles. The smallest absolute Gasteiger partial charge is 0.404 e. The minimum atomic E-state index is -3.79. The number of ether oxygens (including phenoxy) is 17. The van der Waals surface area contributed by atoms with E-state index in [1.165, 1.54) is 12.7 Å². The van der Waals surface area contributed by atoms with Crippen LogP contribution < -0.4 is 4.52 Å². The van der Waals surface area contributed by atoms with E-state index in [2.05, 4.69) is 34.6 Å². The lowest BCUT2D eigenvalue weighted by molar-refractivity contribution is -0.0307. The summed E-state index contributed by atoms with van der Waals surface area (Å²) in [4.78, 5) is 0. The Morgan fingerprint density at radius 1 is 0.333 bits per heavy atom. The first kappa shape index (κ1) is 68.5. The Balaban J connectivity index is 1.72. The van der Waals surface area contributed by atoms with Gasteiger partial charge in [-0.3, -0.25) is 9.05 Å². The zero-order valence-electron chi connectivity index (χ0n) is 45.1. The summed E-state index contributed by atoms with van der Waals surface area (Å²) in [6.07, 6.45) is 1.02. The van der Waals surface area contributed by atoms with E-state index in [1.807, 2.05) is 12.1 Å². The quantitative estimate of drug-likeness (QED) is 0.0587. The molecule has 0 spiro atoms. The molecule has 0 radical (unpaired) electrons. The molecule has 72 heavy (non-hydrogen) atoms. The number of phosphoric acid groups is 1. The van der Waals surface area contributed by atoms with Crippen molar-refractivity contribution in [3.8, 4) is 5.75 Å². The minimum Gasteiger partial charge on any atom is -0.404 e. The van der Waals surface area contributed by atoms with E-state index in [1.54, 1.807) is 19.2 Å². The number of hydrogen-bond acceptors (Lipinski definition) is 21. The number of rotatable bonds is 57. The predicted octanol–water partition coefficient (Wildman–Crippen LogP) is 5.46. The Kier molecular flexibility index (Phi) is 46.7. The third-order valence-electron chi connectivity index (χ3n) is 9.54. The van der Waals surface area contributed by atoms with E-state index in [-0.39, 0.29) is 24.0 Å². The van der Waals surface area contributed by atoms with Crippen LogP contribution in [0.3, 0.4) is 0 Å². The lowest BCUT2D eigenvalue weighted by atomic mass is 9.72. The van der Waals surface area contributed by atoms with Gasteiger partial charge >= 0.3 is 7.82 Å². The van der Waals surface area contributed by atoms with Crippen LogP contribution in [0.2, 0.25) is 0 Å². The van der Waals surface area contributed by atoms with E-state index in [0.29, 0.717) is 217 Å². The van der Waals surface area contributed by atoms with Gasteiger partial charge in [0.1, 0.15) is 5.75 Å². The minimum absolute atomic E-state index is 0.0162. The Bertz CT molecular complexity index is 1330. The van der Waals surface area contributed by atoms with Crippen molar-refractivity contribution in [1.82, 2.24) is 0 Å². The van der Waals surface area contributed by atoms with Gasteiger partial charge in [-0.05, 0) is 34.9 Å². The highest BCUT2D eigenvalue weighted by molar-refractivity contribution is 7.48. The molecule has 426 valence electrons. The lowest BCUT2D eigenvalue weighted by Crippen LogP contribution is -2.24. The standard InChI is InChI=1S/C50H95O21P/c1-49(2,3)46-50(4,5)47-8-10-48(11-9-47)71-72(51,53-7)70-45-44-69-43-42-68-41-40-67-39-38-66-37-36-65-35-34-64-33-32-63-31-30-62-29-28-61-27-26-60-25-24-59-23-22-58-21-20-57-19-18-56-17-16-55-15-14-54-13-12-52-6/h8-11H,12-46H2,1-7H3. The summed E-state index contributed by atoms with van der Waals surface area (Å²) in [7, 11) is -0.855. The fourth-order valence-corrected chi connectivity index (χ4v) is 7.30. The van der Waals surface area contributed by atoms with Gasteiger partial charge in [0.2, 0.25) is 0 Å². The third-order valence-corrected chi connectivity index (χ3v) is 10.9. The summed E-state index contributed by atoms with van der Waals surface area (Å²) >= 11 is 0. The van der Waals surface area contributed by atoms with Crippen LogP contribution in [0.5, 0.6) is 5.75 Å². The Morgan fingerprint density at radius 2 is 0.556 bits per heavy atom. The van der Waals surface area contributed by atoms with Crippen LogP contribution in [-0.4, -0.2) is 239 Å². The van der Waals surface area contributed by atoms with Crippen LogP contribution in [0.1, 0.15) is 46.6 Å².